The highest BCUT2D eigenvalue weighted by atomic mass is 16.5. The quantitative estimate of drug-likeness (QED) is 0.575. The zero-order valence-corrected chi connectivity index (χ0v) is 15.0. The molecule has 3 rings (SSSR count). The number of carbonyl (C=O) groups is 1. The zero-order chi connectivity index (χ0) is 17.6. The molecular weight excluding hydrogens is 310 g/mol. The molecule has 1 heterocycles. The maximum Gasteiger partial charge on any atom is 0.185 e. The lowest BCUT2D eigenvalue weighted by molar-refractivity contribution is 0.104. The summed E-state index contributed by atoms with van der Waals surface area (Å²) in [6, 6.07) is 13.8. The van der Waals surface area contributed by atoms with Crippen molar-refractivity contribution in [3.8, 4) is 5.75 Å². The molecule has 25 heavy (non-hydrogen) atoms. The van der Waals surface area contributed by atoms with Crippen LogP contribution in [-0.2, 0) is 6.54 Å². The van der Waals surface area contributed by atoms with Crippen LogP contribution in [0, 0.1) is 6.92 Å². The standard InChI is InChI=1S/C22H25NO2/c1-17-5-9-19(10-6-17)21(24)11-7-18-8-12-22(25-2)20(15-18)16-23-13-3-4-14-23/h5-12,15H,3-4,13-14,16H2,1-2H3/b11-7+. The van der Waals surface area contributed by atoms with E-state index in [1.54, 1.807) is 13.2 Å². The first-order chi connectivity index (χ1) is 12.2. The van der Waals surface area contributed by atoms with Gasteiger partial charge in [0.1, 0.15) is 5.75 Å². The monoisotopic (exact) mass is 335 g/mol. The highest BCUT2D eigenvalue weighted by Gasteiger charge is 2.14. The van der Waals surface area contributed by atoms with Crippen LogP contribution >= 0.6 is 0 Å². The Morgan fingerprint density at radius 3 is 2.52 bits per heavy atom. The Morgan fingerprint density at radius 1 is 1.12 bits per heavy atom. The van der Waals surface area contributed by atoms with Crippen molar-refractivity contribution in [2.75, 3.05) is 20.2 Å². The maximum absolute atomic E-state index is 12.3. The SMILES string of the molecule is COc1ccc(/C=C/C(=O)c2ccc(C)cc2)cc1CN1CCCC1. The van der Waals surface area contributed by atoms with Crippen LogP contribution in [0.1, 0.15) is 39.9 Å². The number of hydrogen-bond acceptors (Lipinski definition) is 3. The van der Waals surface area contributed by atoms with Crippen LogP contribution in [0.5, 0.6) is 5.75 Å². The summed E-state index contributed by atoms with van der Waals surface area (Å²) in [7, 11) is 1.71. The smallest absolute Gasteiger partial charge is 0.185 e. The second kappa shape index (κ2) is 8.13. The fourth-order valence-electron chi connectivity index (χ4n) is 3.19. The molecule has 0 bridgehead atoms. The van der Waals surface area contributed by atoms with Crippen molar-refractivity contribution in [1.29, 1.82) is 0 Å². The average molecular weight is 335 g/mol. The van der Waals surface area contributed by atoms with E-state index in [-0.39, 0.29) is 5.78 Å². The highest BCUT2D eigenvalue weighted by molar-refractivity contribution is 6.06. The van der Waals surface area contributed by atoms with Crippen molar-refractivity contribution in [2.24, 2.45) is 0 Å². The molecule has 2 aromatic carbocycles. The molecule has 0 radical (unpaired) electrons. The Morgan fingerprint density at radius 2 is 1.84 bits per heavy atom. The van der Waals surface area contributed by atoms with Gasteiger partial charge in [-0.15, -0.1) is 0 Å². The van der Waals surface area contributed by atoms with Crippen LogP contribution in [-0.4, -0.2) is 30.9 Å². The Bertz CT molecular complexity index is 756. The molecule has 1 aliphatic rings. The highest BCUT2D eigenvalue weighted by Crippen LogP contribution is 2.24. The van der Waals surface area contributed by atoms with Crippen LogP contribution in [0.15, 0.2) is 48.5 Å². The second-order valence-electron chi connectivity index (χ2n) is 6.62. The minimum atomic E-state index is 0.0249. The van der Waals surface area contributed by atoms with Crippen LogP contribution in [0.25, 0.3) is 6.08 Å². The van der Waals surface area contributed by atoms with E-state index in [1.165, 1.54) is 18.4 Å². The normalized spacial score (nSPS) is 15.0. The first-order valence-electron chi connectivity index (χ1n) is 8.84. The number of likely N-dealkylation sites (tertiary alicyclic amines) is 1. The summed E-state index contributed by atoms with van der Waals surface area (Å²) < 4.78 is 5.50. The minimum absolute atomic E-state index is 0.0249. The van der Waals surface area contributed by atoms with Crippen molar-refractivity contribution in [3.63, 3.8) is 0 Å². The molecular formula is C22H25NO2. The Hall–Kier alpha value is -2.39. The minimum Gasteiger partial charge on any atom is -0.496 e. The second-order valence-corrected chi connectivity index (χ2v) is 6.62. The van der Waals surface area contributed by atoms with Crippen molar-refractivity contribution in [3.05, 3.63) is 70.8 Å². The van der Waals surface area contributed by atoms with E-state index in [9.17, 15) is 4.79 Å². The molecule has 2 aromatic rings. The molecule has 3 heteroatoms. The molecule has 1 fully saturated rings. The zero-order valence-electron chi connectivity index (χ0n) is 15.0. The van der Waals surface area contributed by atoms with Crippen LogP contribution < -0.4 is 4.74 Å². The van der Waals surface area contributed by atoms with Crippen LogP contribution in [0.3, 0.4) is 0 Å². The lowest BCUT2D eigenvalue weighted by atomic mass is 10.1. The largest absolute Gasteiger partial charge is 0.496 e. The van der Waals surface area contributed by atoms with E-state index >= 15 is 0 Å². The fraction of sp³-hybridized carbons (Fsp3) is 0.318. The van der Waals surface area contributed by atoms with Gasteiger partial charge in [0.25, 0.3) is 0 Å². The topological polar surface area (TPSA) is 29.5 Å². The van der Waals surface area contributed by atoms with Gasteiger partial charge in [-0.2, -0.15) is 0 Å². The predicted molar refractivity (Wildman–Crippen MR) is 102 cm³/mol. The number of rotatable bonds is 6. The molecule has 1 aliphatic heterocycles. The summed E-state index contributed by atoms with van der Waals surface area (Å²) >= 11 is 0. The number of aryl methyl sites for hydroxylation is 1. The number of benzene rings is 2. The molecule has 0 aromatic heterocycles. The van der Waals surface area contributed by atoms with Gasteiger partial charge in [-0.05, 0) is 56.6 Å². The van der Waals surface area contributed by atoms with Gasteiger partial charge in [-0.25, -0.2) is 0 Å². The molecule has 0 spiro atoms. The number of ether oxygens (including phenoxy) is 1. The lowest BCUT2D eigenvalue weighted by Crippen LogP contribution is -2.18. The van der Waals surface area contributed by atoms with Gasteiger partial charge in [0.05, 0.1) is 7.11 Å². The van der Waals surface area contributed by atoms with Gasteiger partial charge >= 0.3 is 0 Å². The molecule has 1 saturated heterocycles. The van der Waals surface area contributed by atoms with Crippen LogP contribution in [0.4, 0.5) is 0 Å². The molecule has 130 valence electrons. The van der Waals surface area contributed by atoms with Gasteiger partial charge in [0, 0.05) is 17.7 Å². The maximum atomic E-state index is 12.3. The van der Waals surface area contributed by atoms with Gasteiger partial charge in [-0.3, -0.25) is 9.69 Å². The fourth-order valence-corrected chi connectivity index (χ4v) is 3.19. The van der Waals surface area contributed by atoms with Crippen molar-refractivity contribution in [1.82, 2.24) is 4.90 Å². The summed E-state index contributed by atoms with van der Waals surface area (Å²) in [6.45, 7) is 5.21. The summed E-state index contributed by atoms with van der Waals surface area (Å²) in [5, 5.41) is 0. The van der Waals surface area contributed by atoms with Crippen molar-refractivity contribution < 1.29 is 9.53 Å². The lowest BCUT2D eigenvalue weighted by Gasteiger charge is -2.17. The summed E-state index contributed by atoms with van der Waals surface area (Å²) in [5.74, 6) is 0.936. The summed E-state index contributed by atoms with van der Waals surface area (Å²) in [6.07, 6.45) is 6.07. The van der Waals surface area contributed by atoms with Crippen LogP contribution in [0.2, 0.25) is 0 Å². The van der Waals surface area contributed by atoms with Gasteiger partial charge in [-0.1, -0.05) is 42.0 Å². The molecule has 0 amide bonds. The number of carbonyl (C=O) groups excluding carboxylic acids is 1. The van der Waals surface area contributed by atoms with E-state index in [0.717, 1.165) is 36.5 Å². The summed E-state index contributed by atoms with van der Waals surface area (Å²) in [5.41, 5.74) is 4.07. The number of hydrogen-bond donors (Lipinski definition) is 0. The Kier molecular flexibility index (Phi) is 5.67. The van der Waals surface area contributed by atoms with Gasteiger partial charge in [0.2, 0.25) is 0 Å². The molecule has 0 unspecified atom stereocenters. The summed E-state index contributed by atoms with van der Waals surface area (Å²) in [4.78, 5) is 14.7. The average Bonchev–Trinajstić information content (AvgIpc) is 3.13. The molecule has 0 aliphatic carbocycles. The Balaban J connectivity index is 1.74. The first kappa shape index (κ1) is 17.4. The third kappa shape index (κ3) is 4.58. The van der Waals surface area contributed by atoms with E-state index in [0.29, 0.717) is 5.56 Å². The molecule has 0 saturated carbocycles. The number of allylic oxidation sites excluding steroid dienone is 1. The Labute approximate surface area is 149 Å². The molecule has 0 atom stereocenters. The van der Waals surface area contributed by atoms with E-state index in [2.05, 4.69) is 11.0 Å². The van der Waals surface area contributed by atoms with E-state index in [4.69, 9.17) is 4.74 Å². The third-order valence-corrected chi connectivity index (χ3v) is 4.66. The van der Waals surface area contributed by atoms with Crippen molar-refractivity contribution in [2.45, 2.75) is 26.3 Å². The molecule has 0 N–H and O–H groups in total. The predicted octanol–water partition coefficient (Wildman–Crippen LogP) is 4.50. The number of nitrogens with zero attached hydrogens (tertiary/aromatic N) is 1. The molecule has 3 nitrogen and oxygen atoms in total. The number of ketones is 1. The van der Waals surface area contributed by atoms with Gasteiger partial charge in [0.15, 0.2) is 5.78 Å². The third-order valence-electron chi connectivity index (χ3n) is 4.66. The van der Waals surface area contributed by atoms with E-state index < -0.39 is 0 Å². The van der Waals surface area contributed by atoms with Crippen molar-refractivity contribution >= 4 is 11.9 Å². The van der Waals surface area contributed by atoms with E-state index in [1.807, 2.05) is 49.4 Å². The number of methoxy groups -OCH3 is 1. The van der Waals surface area contributed by atoms with Gasteiger partial charge < -0.3 is 4.74 Å². The first-order valence-corrected chi connectivity index (χ1v) is 8.84.